The standard InChI is InChI=1S/C20H40N4OS.HI/c1-4-18-9-7-8-13-24(18)14-12-22-19(21-5-2)23-17-20(26-6-3)10-15-25-16-11-20;/h18H,4-17H2,1-3H3,(H2,21,22,23);1H. The zero-order chi connectivity index (χ0) is 18.7. The lowest BCUT2D eigenvalue weighted by atomic mass is 9.99. The van der Waals surface area contributed by atoms with Crippen LogP contribution >= 0.6 is 35.7 Å². The van der Waals surface area contributed by atoms with Crippen LogP contribution in [-0.2, 0) is 4.74 Å². The van der Waals surface area contributed by atoms with E-state index < -0.39 is 0 Å². The van der Waals surface area contributed by atoms with Crippen molar-refractivity contribution in [3.63, 3.8) is 0 Å². The van der Waals surface area contributed by atoms with Gasteiger partial charge in [-0.25, -0.2) is 0 Å². The molecule has 0 spiro atoms. The Bertz CT molecular complexity index is 413. The van der Waals surface area contributed by atoms with Gasteiger partial charge < -0.3 is 15.4 Å². The van der Waals surface area contributed by atoms with E-state index in [1.54, 1.807) is 0 Å². The van der Waals surface area contributed by atoms with Crippen LogP contribution in [0.4, 0.5) is 0 Å². The molecule has 2 saturated heterocycles. The number of guanidine groups is 1. The molecular weight excluding hydrogens is 471 g/mol. The summed E-state index contributed by atoms with van der Waals surface area (Å²) in [5.74, 6) is 2.12. The molecule has 27 heavy (non-hydrogen) atoms. The lowest BCUT2D eigenvalue weighted by Gasteiger charge is -2.36. The molecular formula is C20H41IN4OS. The zero-order valence-electron chi connectivity index (χ0n) is 17.6. The van der Waals surface area contributed by atoms with Gasteiger partial charge in [0.15, 0.2) is 5.96 Å². The zero-order valence-corrected chi connectivity index (χ0v) is 20.7. The number of halogens is 1. The number of hydrogen-bond donors (Lipinski definition) is 2. The van der Waals surface area contributed by atoms with Gasteiger partial charge in [-0.15, -0.1) is 24.0 Å². The highest BCUT2D eigenvalue weighted by atomic mass is 127. The summed E-state index contributed by atoms with van der Waals surface area (Å²) < 4.78 is 5.84. The van der Waals surface area contributed by atoms with E-state index in [0.717, 1.165) is 70.0 Å². The molecule has 2 fully saturated rings. The van der Waals surface area contributed by atoms with Gasteiger partial charge in [0.1, 0.15) is 0 Å². The van der Waals surface area contributed by atoms with Crippen LogP contribution < -0.4 is 10.6 Å². The van der Waals surface area contributed by atoms with Gasteiger partial charge in [0.05, 0.1) is 6.54 Å². The molecule has 0 aromatic heterocycles. The van der Waals surface area contributed by atoms with E-state index >= 15 is 0 Å². The number of nitrogens with zero attached hydrogens (tertiary/aromatic N) is 2. The molecule has 2 aliphatic rings. The minimum atomic E-state index is 0. The molecule has 0 aliphatic carbocycles. The Morgan fingerprint density at radius 1 is 1.19 bits per heavy atom. The van der Waals surface area contributed by atoms with Crippen molar-refractivity contribution in [2.45, 2.75) is 70.1 Å². The molecule has 0 aromatic carbocycles. The highest BCUT2D eigenvalue weighted by Gasteiger charge is 2.32. The molecule has 0 bridgehead atoms. The molecule has 7 heteroatoms. The van der Waals surface area contributed by atoms with Gasteiger partial charge in [-0.2, -0.15) is 11.8 Å². The maximum Gasteiger partial charge on any atom is 0.191 e. The van der Waals surface area contributed by atoms with E-state index in [4.69, 9.17) is 9.73 Å². The maximum atomic E-state index is 5.58. The third-order valence-electron chi connectivity index (χ3n) is 5.64. The first-order valence-electron chi connectivity index (χ1n) is 10.7. The fraction of sp³-hybridized carbons (Fsp3) is 0.950. The van der Waals surface area contributed by atoms with Gasteiger partial charge in [0.25, 0.3) is 0 Å². The van der Waals surface area contributed by atoms with Crippen LogP contribution in [0.25, 0.3) is 0 Å². The predicted octanol–water partition coefficient (Wildman–Crippen LogP) is 3.73. The molecule has 0 aromatic rings. The fourth-order valence-electron chi connectivity index (χ4n) is 4.10. The van der Waals surface area contributed by atoms with Crippen molar-refractivity contribution in [2.24, 2.45) is 4.99 Å². The minimum absolute atomic E-state index is 0. The topological polar surface area (TPSA) is 48.9 Å². The van der Waals surface area contributed by atoms with E-state index in [0.29, 0.717) is 0 Å². The SMILES string of the molecule is CCNC(=NCC1(SCC)CCOCC1)NCCN1CCCCC1CC.I. The highest BCUT2D eigenvalue weighted by Crippen LogP contribution is 2.35. The van der Waals surface area contributed by atoms with E-state index in [1.165, 1.54) is 32.2 Å². The molecule has 0 amide bonds. The van der Waals surface area contributed by atoms with Gasteiger partial charge in [0.2, 0.25) is 0 Å². The monoisotopic (exact) mass is 512 g/mol. The Morgan fingerprint density at radius 2 is 1.96 bits per heavy atom. The van der Waals surface area contributed by atoms with Crippen molar-refractivity contribution >= 4 is 41.7 Å². The number of hydrogen-bond acceptors (Lipinski definition) is 4. The summed E-state index contributed by atoms with van der Waals surface area (Å²) in [6.45, 7) is 13.6. The van der Waals surface area contributed by atoms with Crippen molar-refractivity contribution in [1.29, 1.82) is 0 Å². The van der Waals surface area contributed by atoms with Crippen molar-refractivity contribution in [1.82, 2.24) is 15.5 Å². The first-order valence-corrected chi connectivity index (χ1v) is 11.7. The number of thioether (sulfide) groups is 1. The number of piperidine rings is 1. The molecule has 160 valence electrons. The van der Waals surface area contributed by atoms with E-state index in [1.807, 2.05) is 0 Å². The maximum absolute atomic E-state index is 5.58. The average Bonchev–Trinajstić information content (AvgIpc) is 2.67. The summed E-state index contributed by atoms with van der Waals surface area (Å²) in [5, 5.41) is 6.99. The fourth-order valence-corrected chi connectivity index (χ4v) is 5.32. The molecule has 2 N–H and O–H groups in total. The van der Waals surface area contributed by atoms with Crippen LogP contribution in [0.2, 0.25) is 0 Å². The molecule has 2 heterocycles. The molecule has 2 aliphatic heterocycles. The summed E-state index contributed by atoms with van der Waals surface area (Å²) in [4.78, 5) is 7.61. The first kappa shape index (κ1) is 25.3. The van der Waals surface area contributed by atoms with E-state index in [2.05, 4.69) is 48.1 Å². The molecule has 2 rings (SSSR count). The molecule has 1 unspecified atom stereocenters. The number of nitrogens with one attached hydrogen (secondary N) is 2. The van der Waals surface area contributed by atoms with Gasteiger partial charge in [0, 0.05) is 43.6 Å². The number of aliphatic imine (C=N–C) groups is 1. The third-order valence-corrected chi connectivity index (χ3v) is 7.07. The van der Waals surface area contributed by atoms with Gasteiger partial charge in [-0.1, -0.05) is 20.3 Å². The lowest BCUT2D eigenvalue weighted by Crippen LogP contribution is -2.46. The summed E-state index contributed by atoms with van der Waals surface area (Å²) in [5.41, 5.74) is 0. The Balaban J connectivity index is 0.00000364. The van der Waals surface area contributed by atoms with Crippen LogP contribution in [-0.4, -0.2) is 73.3 Å². The van der Waals surface area contributed by atoms with Gasteiger partial charge in [-0.05, 0) is 51.3 Å². The number of likely N-dealkylation sites (tertiary alicyclic amines) is 1. The van der Waals surface area contributed by atoms with Crippen molar-refractivity contribution < 1.29 is 4.74 Å². The summed E-state index contributed by atoms with van der Waals surface area (Å²) in [7, 11) is 0. The minimum Gasteiger partial charge on any atom is -0.381 e. The molecule has 1 atom stereocenters. The largest absolute Gasteiger partial charge is 0.381 e. The molecule has 0 radical (unpaired) electrons. The van der Waals surface area contributed by atoms with Gasteiger partial charge in [-0.3, -0.25) is 9.89 Å². The van der Waals surface area contributed by atoms with Crippen LogP contribution in [0.3, 0.4) is 0 Å². The number of rotatable bonds is 9. The molecule has 0 saturated carbocycles. The first-order chi connectivity index (χ1) is 12.7. The van der Waals surface area contributed by atoms with Crippen molar-refractivity contribution in [3.8, 4) is 0 Å². The second-order valence-electron chi connectivity index (χ2n) is 7.44. The van der Waals surface area contributed by atoms with Crippen LogP contribution in [0.1, 0.15) is 59.3 Å². The van der Waals surface area contributed by atoms with E-state index in [-0.39, 0.29) is 28.7 Å². The Labute approximate surface area is 188 Å². The summed E-state index contributed by atoms with van der Waals surface area (Å²) in [6, 6.07) is 0.775. The number of ether oxygens (including phenoxy) is 1. The summed E-state index contributed by atoms with van der Waals surface area (Å²) >= 11 is 2.06. The van der Waals surface area contributed by atoms with Crippen molar-refractivity contribution in [3.05, 3.63) is 0 Å². The van der Waals surface area contributed by atoms with Crippen LogP contribution in [0.15, 0.2) is 4.99 Å². The smallest absolute Gasteiger partial charge is 0.191 e. The predicted molar refractivity (Wildman–Crippen MR) is 130 cm³/mol. The highest BCUT2D eigenvalue weighted by molar-refractivity contribution is 14.0. The Morgan fingerprint density at radius 3 is 2.63 bits per heavy atom. The van der Waals surface area contributed by atoms with Crippen molar-refractivity contribution in [2.75, 3.05) is 51.7 Å². The van der Waals surface area contributed by atoms with Crippen LogP contribution in [0, 0.1) is 0 Å². The van der Waals surface area contributed by atoms with Crippen LogP contribution in [0.5, 0.6) is 0 Å². The molecule has 5 nitrogen and oxygen atoms in total. The third kappa shape index (κ3) is 8.66. The Hall–Kier alpha value is 0.270. The Kier molecular flexibility index (Phi) is 13.4. The van der Waals surface area contributed by atoms with Gasteiger partial charge >= 0.3 is 0 Å². The summed E-state index contributed by atoms with van der Waals surface area (Å²) in [6.07, 6.45) is 7.61. The average molecular weight is 513 g/mol. The quantitative estimate of drug-likeness (QED) is 0.280. The second-order valence-corrected chi connectivity index (χ2v) is 9.18. The normalized spacial score (nSPS) is 23.5. The second kappa shape index (κ2) is 14.3. The van der Waals surface area contributed by atoms with E-state index in [9.17, 15) is 0 Å². The lowest BCUT2D eigenvalue weighted by molar-refractivity contribution is 0.0793.